The fourth-order valence-corrected chi connectivity index (χ4v) is 6.13. The van der Waals surface area contributed by atoms with Crippen molar-refractivity contribution < 1.29 is 17.6 Å². The lowest BCUT2D eigenvalue weighted by atomic mass is 9.92. The number of benzene rings is 2. The van der Waals surface area contributed by atoms with Gasteiger partial charge in [0.25, 0.3) is 0 Å². The first kappa shape index (κ1) is 22.0. The number of amides is 1. The number of halogens is 1. The SMILES string of the molecule is CC(NC(=O)C1CCN(S(=O)(=O)c2ccc3c(c2)CCCC3)CC1)c1ccccc1F. The molecule has 1 N–H and O–H groups in total. The maximum Gasteiger partial charge on any atom is 0.243 e. The van der Waals surface area contributed by atoms with Gasteiger partial charge in [-0.25, -0.2) is 12.8 Å². The van der Waals surface area contributed by atoms with E-state index in [4.69, 9.17) is 0 Å². The van der Waals surface area contributed by atoms with Crippen molar-refractivity contribution in [3.8, 4) is 0 Å². The van der Waals surface area contributed by atoms with E-state index in [1.54, 1.807) is 31.2 Å². The van der Waals surface area contributed by atoms with E-state index in [0.717, 1.165) is 31.2 Å². The van der Waals surface area contributed by atoms with Gasteiger partial charge in [-0.2, -0.15) is 4.31 Å². The summed E-state index contributed by atoms with van der Waals surface area (Å²) in [4.78, 5) is 13.0. The number of hydrogen-bond donors (Lipinski definition) is 1. The van der Waals surface area contributed by atoms with Crippen LogP contribution >= 0.6 is 0 Å². The van der Waals surface area contributed by atoms with Crippen LogP contribution < -0.4 is 5.32 Å². The fourth-order valence-electron chi connectivity index (χ4n) is 4.61. The molecule has 2 aromatic carbocycles. The second-order valence-electron chi connectivity index (χ2n) is 8.57. The van der Waals surface area contributed by atoms with Gasteiger partial charge in [-0.15, -0.1) is 0 Å². The predicted octanol–water partition coefficient (Wildman–Crippen LogP) is 3.98. The topological polar surface area (TPSA) is 66.5 Å². The van der Waals surface area contributed by atoms with E-state index in [1.165, 1.54) is 15.9 Å². The Morgan fingerprint density at radius 3 is 2.45 bits per heavy atom. The smallest absolute Gasteiger partial charge is 0.243 e. The summed E-state index contributed by atoms with van der Waals surface area (Å²) >= 11 is 0. The first-order chi connectivity index (χ1) is 14.9. The van der Waals surface area contributed by atoms with Crippen molar-refractivity contribution in [3.05, 3.63) is 65.0 Å². The number of piperidine rings is 1. The van der Waals surface area contributed by atoms with Crippen LogP contribution in [0.3, 0.4) is 0 Å². The second-order valence-corrected chi connectivity index (χ2v) is 10.5. The molecule has 7 heteroatoms. The molecule has 1 unspecified atom stereocenters. The van der Waals surface area contributed by atoms with Crippen LogP contribution in [0.2, 0.25) is 0 Å². The summed E-state index contributed by atoms with van der Waals surface area (Å²) in [5, 5.41) is 2.88. The average Bonchev–Trinajstić information content (AvgIpc) is 2.79. The largest absolute Gasteiger partial charge is 0.349 e. The molecule has 1 aliphatic carbocycles. The number of aryl methyl sites for hydroxylation is 2. The first-order valence-electron chi connectivity index (χ1n) is 11.0. The van der Waals surface area contributed by atoms with Gasteiger partial charge < -0.3 is 5.32 Å². The Kier molecular flexibility index (Phi) is 6.44. The van der Waals surface area contributed by atoms with Crippen LogP contribution in [-0.2, 0) is 27.7 Å². The highest BCUT2D eigenvalue weighted by Gasteiger charge is 2.33. The molecule has 1 heterocycles. The molecule has 0 spiro atoms. The zero-order chi connectivity index (χ0) is 22.0. The van der Waals surface area contributed by atoms with Gasteiger partial charge in [0.2, 0.25) is 15.9 Å². The molecule has 1 atom stereocenters. The standard InChI is InChI=1S/C24H29FN2O3S/c1-17(22-8-4-5-9-23(22)25)26-24(28)19-12-14-27(15-13-19)31(29,30)21-11-10-18-6-2-3-7-20(18)16-21/h4-5,8-11,16-17,19H,2-3,6-7,12-15H2,1H3,(H,26,28). The Labute approximate surface area is 183 Å². The number of nitrogens with one attached hydrogen (secondary N) is 1. The monoisotopic (exact) mass is 444 g/mol. The van der Waals surface area contributed by atoms with Gasteiger partial charge in [0.05, 0.1) is 10.9 Å². The van der Waals surface area contributed by atoms with Crippen molar-refractivity contribution in [2.24, 2.45) is 5.92 Å². The Hall–Kier alpha value is -2.25. The van der Waals surface area contributed by atoms with Gasteiger partial charge in [-0.3, -0.25) is 4.79 Å². The summed E-state index contributed by atoms with van der Waals surface area (Å²) in [7, 11) is -3.56. The van der Waals surface area contributed by atoms with E-state index in [2.05, 4.69) is 5.32 Å². The molecule has 1 fully saturated rings. The minimum absolute atomic E-state index is 0.151. The van der Waals surface area contributed by atoms with Crippen molar-refractivity contribution in [1.82, 2.24) is 9.62 Å². The fraction of sp³-hybridized carbons (Fsp3) is 0.458. The molecular formula is C24H29FN2O3S. The first-order valence-corrected chi connectivity index (χ1v) is 12.5. The lowest BCUT2D eigenvalue weighted by Crippen LogP contribution is -2.43. The average molecular weight is 445 g/mol. The number of nitrogens with zero attached hydrogens (tertiary/aromatic N) is 1. The Morgan fingerprint density at radius 2 is 1.74 bits per heavy atom. The molecule has 0 aromatic heterocycles. The highest BCUT2D eigenvalue weighted by molar-refractivity contribution is 7.89. The van der Waals surface area contributed by atoms with E-state index < -0.39 is 16.1 Å². The second kappa shape index (κ2) is 9.09. The molecule has 1 saturated heterocycles. The highest BCUT2D eigenvalue weighted by atomic mass is 32.2. The van der Waals surface area contributed by atoms with E-state index in [0.29, 0.717) is 36.4 Å². The third kappa shape index (κ3) is 4.67. The van der Waals surface area contributed by atoms with Crippen molar-refractivity contribution >= 4 is 15.9 Å². The van der Waals surface area contributed by atoms with E-state index in [1.807, 2.05) is 12.1 Å². The van der Waals surface area contributed by atoms with Gasteiger partial charge in [0.1, 0.15) is 5.82 Å². The van der Waals surface area contributed by atoms with Crippen LogP contribution in [0.25, 0.3) is 0 Å². The summed E-state index contributed by atoms with van der Waals surface area (Å²) in [6.07, 6.45) is 5.12. The zero-order valence-electron chi connectivity index (χ0n) is 17.8. The third-order valence-electron chi connectivity index (χ3n) is 6.51. The molecule has 1 amide bonds. The van der Waals surface area contributed by atoms with Crippen LogP contribution in [0, 0.1) is 11.7 Å². The molecule has 4 rings (SSSR count). The molecule has 5 nitrogen and oxygen atoms in total. The molecular weight excluding hydrogens is 415 g/mol. The van der Waals surface area contributed by atoms with Crippen molar-refractivity contribution in [2.75, 3.05) is 13.1 Å². The molecule has 1 aliphatic heterocycles. The van der Waals surface area contributed by atoms with Gasteiger partial charge in [0.15, 0.2) is 0 Å². The summed E-state index contributed by atoms with van der Waals surface area (Å²) in [6, 6.07) is 11.5. The number of rotatable bonds is 5. The summed E-state index contributed by atoms with van der Waals surface area (Å²) in [5.41, 5.74) is 2.84. The Balaban J connectivity index is 1.38. The van der Waals surface area contributed by atoms with E-state index in [9.17, 15) is 17.6 Å². The van der Waals surface area contributed by atoms with E-state index in [-0.39, 0.29) is 17.6 Å². The predicted molar refractivity (Wildman–Crippen MR) is 118 cm³/mol. The van der Waals surface area contributed by atoms with Gasteiger partial charge in [-0.05, 0) is 74.8 Å². The van der Waals surface area contributed by atoms with Crippen molar-refractivity contribution in [3.63, 3.8) is 0 Å². The van der Waals surface area contributed by atoms with Crippen LogP contribution in [-0.4, -0.2) is 31.7 Å². The maximum atomic E-state index is 14.0. The number of fused-ring (bicyclic) bond motifs is 1. The van der Waals surface area contributed by atoms with Crippen molar-refractivity contribution in [1.29, 1.82) is 0 Å². The minimum atomic E-state index is -3.56. The number of carbonyl (C=O) groups is 1. The summed E-state index contributed by atoms with van der Waals surface area (Å²) in [6.45, 7) is 2.38. The normalized spacial score (nSPS) is 18.9. The molecule has 2 aliphatic rings. The molecule has 2 aromatic rings. The van der Waals surface area contributed by atoms with Crippen LogP contribution in [0.1, 0.15) is 55.3 Å². The maximum absolute atomic E-state index is 14.0. The molecule has 0 saturated carbocycles. The third-order valence-corrected chi connectivity index (χ3v) is 8.41. The molecule has 0 radical (unpaired) electrons. The summed E-state index contributed by atoms with van der Waals surface area (Å²) < 4.78 is 41.7. The zero-order valence-corrected chi connectivity index (χ0v) is 18.6. The molecule has 0 bridgehead atoms. The lowest BCUT2D eigenvalue weighted by Gasteiger charge is -2.31. The number of carbonyl (C=O) groups excluding carboxylic acids is 1. The number of hydrogen-bond acceptors (Lipinski definition) is 3. The lowest BCUT2D eigenvalue weighted by molar-refractivity contribution is -0.126. The van der Waals surface area contributed by atoms with Crippen LogP contribution in [0.4, 0.5) is 4.39 Å². The molecule has 166 valence electrons. The van der Waals surface area contributed by atoms with E-state index >= 15 is 0 Å². The van der Waals surface area contributed by atoms with Crippen LogP contribution in [0.5, 0.6) is 0 Å². The molecule has 31 heavy (non-hydrogen) atoms. The Bertz CT molecular complexity index is 1060. The summed E-state index contributed by atoms with van der Waals surface area (Å²) in [5.74, 6) is -0.771. The van der Waals surface area contributed by atoms with Gasteiger partial charge in [-0.1, -0.05) is 24.3 Å². The number of sulfonamides is 1. The quantitative estimate of drug-likeness (QED) is 0.759. The van der Waals surface area contributed by atoms with Gasteiger partial charge in [0, 0.05) is 24.6 Å². The van der Waals surface area contributed by atoms with Gasteiger partial charge >= 0.3 is 0 Å². The minimum Gasteiger partial charge on any atom is -0.349 e. The highest BCUT2D eigenvalue weighted by Crippen LogP contribution is 2.28. The Morgan fingerprint density at radius 1 is 1.06 bits per heavy atom. The van der Waals surface area contributed by atoms with Crippen LogP contribution in [0.15, 0.2) is 47.4 Å². The van der Waals surface area contributed by atoms with Crippen molar-refractivity contribution in [2.45, 2.75) is 56.4 Å².